The molecule has 0 radical (unpaired) electrons. The Morgan fingerprint density at radius 1 is 0.905 bits per heavy atom. The zero-order chi connectivity index (χ0) is 17.7. The fourth-order valence-electron chi connectivity index (χ4n) is 0.448. The van der Waals surface area contributed by atoms with Gasteiger partial charge < -0.3 is 14.6 Å². The van der Waals surface area contributed by atoms with Gasteiger partial charge in [-0.05, 0) is 12.8 Å². The molecule has 0 aromatic heterocycles. The minimum absolute atomic E-state index is 0.193. The van der Waals surface area contributed by atoms with Gasteiger partial charge in [-0.3, -0.25) is 14.4 Å². The minimum atomic E-state index is -0.562. The van der Waals surface area contributed by atoms with E-state index in [0.717, 1.165) is 12.8 Å². The van der Waals surface area contributed by atoms with Gasteiger partial charge in [0.1, 0.15) is 0 Å². The van der Waals surface area contributed by atoms with E-state index in [-0.39, 0.29) is 11.3 Å². The first-order valence-corrected chi connectivity index (χ1v) is 7.35. The fraction of sp³-hybridized carbons (Fsp3) is 0.769. The molecule has 0 spiro atoms. The number of aliphatic hydroxyl groups is 1. The van der Waals surface area contributed by atoms with Crippen molar-refractivity contribution >= 4 is 41.1 Å². The number of ether oxygens (including phenoxy) is 2. The summed E-state index contributed by atoms with van der Waals surface area (Å²) in [5.41, 5.74) is 0. The zero-order valence-electron chi connectivity index (χ0n) is 13.3. The highest BCUT2D eigenvalue weighted by molar-refractivity contribution is 6.40. The quantitative estimate of drug-likeness (QED) is 0.479. The van der Waals surface area contributed by atoms with E-state index in [2.05, 4.69) is 9.47 Å². The molecule has 0 unspecified atom stereocenters. The molecule has 0 heterocycles. The van der Waals surface area contributed by atoms with Crippen molar-refractivity contribution in [1.82, 2.24) is 0 Å². The average Bonchev–Trinajstić information content (AvgIpc) is 2.36. The van der Waals surface area contributed by atoms with E-state index in [1.54, 1.807) is 0 Å². The Labute approximate surface area is 136 Å². The van der Waals surface area contributed by atoms with Crippen LogP contribution in [0, 0.1) is 0 Å². The van der Waals surface area contributed by atoms with Crippen LogP contribution in [0.15, 0.2) is 0 Å². The third-order valence-corrected chi connectivity index (χ3v) is 1.02. The topological polar surface area (TPSA) is 89.9 Å². The number of carbonyl (C=O) groups excluding carboxylic acids is 3. The van der Waals surface area contributed by atoms with Gasteiger partial charge in [0.25, 0.3) is 0 Å². The van der Waals surface area contributed by atoms with E-state index < -0.39 is 11.9 Å². The maximum absolute atomic E-state index is 9.98. The molecule has 0 aliphatic heterocycles. The number of aliphatic hydroxyl groups excluding tert-OH is 1. The predicted molar refractivity (Wildman–Crippen MR) is 83.3 cm³/mol. The minimum Gasteiger partial charge on any atom is -0.466 e. The molecule has 128 valence electrons. The highest BCUT2D eigenvalue weighted by Gasteiger charge is 1.93. The number of hydrogen-bond acceptors (Lipinski definition) is 6. The second-order valence-corrected chi connectivity index (χ2v) is 4.06. The Bertz CT molecular complexity index is 233. The van der Waals surface area contributed by atoms with Crippen molar-refractivity contribution in [1.29, 1.82) is 0 Å². The van der Waals surface area contributed by atoms with E-state index in [4.69, 9.17) is 28.3 Å². The van der Waals surface area contributed by atoms with Crippen LogP contribution in [0.5, 0.6) is 0 Å². The Kier molecular flexibility index (Phi) is 37.1. The molecular formula is C13H26Cl2O6. The molecule has 0 amide bonds. The Morgan fingerprint density at radius 2 is 1.24 bits per heavy atom. The van der Waals surface area contributed by atoms with Crippen LogP contribution in [0.2, 0.25) is 0 Å². The van der Waals surface area contributed by atoms with Crippen molar-refractivity contribution in [2.75, 3.05) is 18.6 Å². The maximum atomic E-state index is 9.98. The first-order valence-electron chi connectivity index (χ1n) is 6.28. The van der Waals surface area contributed by atoms with Crippen LogP contribution >= 0.6 is 23.2 Å². The summed E-state index contributed by atoms with van der Waals surface area (Å²) in [6.07, 6.45) is 1.78. The van der Waals surface area contributed by atoms with Crippen LogP contribution < -0.4 is 0 Å². The number of halogens is 2. The van der Waals surface area contributed by atoms with Crippen LogP contribution in [0.1, 0.15) is 47.5 Å². The van der Waals surface area contributed by atoms with Crippen LogP contribution in [0.4, 0.5) is 0 Å². The van der Waals surface area contributed by atoms with Gasteiger partial charge in [-0.2, -0.15) is 0 Å². The lowest BCUT2D eigenvalue weighted by Crippen LogP contribution is -2.03. The normalized spacial score (nSPS) is 7.62. The molecule has 6 nitrogen and oxygen atoms in total. The number of esters is 3. The number of carbonyl (C=O) groups is 3. The molecule has 0 bridgehead atoms. The van der Waals surface area contributed by atoms with E-state index in [1.807, 2.05) is 13.8 Å². The summed E-state index contributed by atoms with van der Waals surface area (Å²) in [4.78, 5) is 29.6. The van der Waals surface area contributed by atoms with Crippen LogP contribution in [-0.4, -0.2) is 41.6 Å². The van der Waals surface area contributed by atoms with Gasteiger partial charge in [0.2, 0.25) is 0 Å². The summed E-state index contributed by atoms with van der Waals surface area (Å²) in [7, 11) is 0. The van der Waals surface area contributed by atoms with Crippen LogP contribution in [-0.2, 0) is 23.9 Å². The van der Waals surface area contributed by atoms with Crippen molar-refractivity contribution in [2.24, 2.45) is 0 Å². The second-order valence-electron chi connectivity index (χ2n) is 3.25. The van der Waals surface area contributed by atoms with Gasteiger partial charge in [-0.15, -0.1) is 23.2 Å². The third kappa shape index (κ3) is 84.8. The fourth-order valence-corrected chi connectivity index (χ4v) is 0.448. The number of rotatable bonds is 3. The monoisotopic (exact) mass is 348 g/mol. The molecule has 21 heavy (non-hydrogen) atoms. The van der Waals surface area contributed by atoms with Gasteiger partial charge in [-0.1, -0.05) is 13.8 Å². The van der Waals surface area contributed by atoms with Crippen LogP contribution in [0.25, 0.3) is 0 Å². The second kappa shape index (κ2) is 27.5. The van der Waals surface area contributed by atoms with Crippen molar-refractivity contribution in [3.8, 4) is 0 Å². The summed E-state index contributed by atoms with van der Waals surface area (Å²) in [6.45, 7) is 8.54. The molecule has 8 heteroatoms. The smallest absolute Gasteiger partial charge is 0.310 e. The first-order chi connectivity index (χ1) is 9.72. The number of hydrogen-bond donors (Lipinski definition) is 1. The van der Waals surface area contributed by atoms with E-state index >= 15 is 0 Å². The summed E-state index contributed by atoms with van der Waals surface area (Å²) in [6, 6.07) is 0. The molecular weight excluding hydrogens is 323 g/mol. The largest absolute Gasteiger partial charge is 0.466 e. The lowest BCUT2D eigenvalue weighted by Gasteiger charge is -1.93. The van der Waals surface area contributed by atoms with E-state index in [9.17, 15) is 14.4 Å². The molecule has 0 aromatic rings. The first kappa shape index (κ1) is 28.3. The van der Waals surface area contributed by atoms with Crippen molar-refractivity contribution < 1.29 is 29.0 Å². The summed E-state index contributed by atoms with van der Waals surface area (Å²) >= 11 is 9.53. The molecule has 0 aliphatic rings. The van der Waals surface area contributed by atoms with Crippen LogP contribution in [0.3, 0.4) is 0 Å². The highest BCUT2D eigenvalue weighted by atomic mass is 35.5. The molecule has 0 saturated carbocycles. The Hall–Kier alpha value is -0.850. The standard InChI is InChI=1S/C5H10O2.C4H6O3.C3H8O.CH2Cl2/c1-3-4-7-5(2)6;1-3(5)7-4(2)6;1-2-3-4;2-1-3/h3-4H2,1-2H3;1-2H3;4H,2-3H2,1H3;1H2. The predicted octanol–water partition coefficient (Wildman–Crippen LogP) is 2.87. The molecule has 1 N–H and O–H groups in total. The van der Waals surface area contributed by atoms with Crippen molar-refractivity contribution in [3.63, 3.8) is 0 Å². The molecule has 0 aliphatic carbocycles. The summed E-state index contributed by atoms with van der Waals surface area (Å²) in [5.74, 6) is -1.32. The van der Waals surface area contributed by atoms with E-state index in [1.165, 1.54) is 20.8 Å². The lowest BCUT2D eigenvalue weighted by atomic mass is 10.5. The zero-order valence-corrected chi connectivity index (χ0v) is 14.8. The van der Waals surface area contributed by atoms with Gasteiger partial charge in [0.05, 0.1) is 11.9 Å². The van der Waals surface area contributed by atoms with Gasteiger partial charge in [-0.25, -0.2) is 0 Å². The Balaban J connectivity index is -0.0000000973. The number of alkyl halides is 2. The molecule has 0 atom stereocenters. The van der Waals surface area contributed by atoms with Crippen molar-refractivity contribution in [3.05, 3.63) is 0 Å². The average molecular weight is 349 g/mol. The third-order valence-electron chi connectivity index (χ3n) is 1.02. The van der Waals surface area contributed by atoms with Gasteiger partial charge >= 0.3 is 17.9 Å². The molecule has 0 saturated heterocycles. The molecule has 0 rings (SSSR count). The SMILES string of the molecule is CC(=O)OC(C)=O.CCCO.CCCOC(C)=O.ClCCl. The highest BCUT2D eigenvalue weighted by Crippen LogP contribution is 1.78. The lowest BCUT2D eigenvalue weighted by molar-refractivity contribution is -0.156. The van der Waals surface area contributed by atoms with Gasteiger partial charge in [0, 0.05) is 27.4 Å². The van der Waals surface area contributed by atoms with E-state index in [0.29, 0.717) is 13.2 Å². The maximum Gasteiger partial charge on any atom is 0.310 e. The summed E-state index contributed by atoms with van der Waals surface area (Å²) < 4.78 is 8.52. The summed E-state index contributed by atoms with van der Waals surface area (Å²) in [5, 5.41) is 8.07. The Morgan fingerprint density at radius 3 is 1.29 bits per heavy atom. The van der Waals surface area contributed by atoms with Gasteiger partial charge in [0.15, 0.2) is 0 Å². The molecule has 0 fully saturated rings. The van der Waals surface area contributed by atoms with Crippen molar-refractivity contribution in [2.45, 2.75) is 47.5 Å². The molecule has 0 aromatic carbocycles.